The van der Waals surface area contributed by atoms with Crippen LogP contribution in [0.5, 0.6) is 0 Å². The lowest BCUT2D eigenvalue weighted by Gasteiger charge is -2.39. The Balaban J connectivity index is 1.66. The van der Waals surface area contributed by atoms with Crippen LogP contribution in [0.15, 0.2) is 24.3 Å². The number of amides is 1. The zero-order valence-electron chi connectivity index (χ0n) is 17.1. The Hall–Kier alpha value is -2.01. The van der Waals surface area contributed by atoms with Crippen LogP contribution in [0.2, 0.25) is 5.02 Å². The second-order valence-corrected chi connectivity index (χ2v) is 9.32. The fourth-order valence-electron chi connectivity index (χ4n) is 4.22. The molecular weight excluding hydrogens is 374 g/mol. The third-order valence-electron chi connectivity index (χ3n) is 5.64. The largest absolute Gasteiger partial charge is 0.446 e. The first-order chi connectivity index (χ1) is 13.1. The molecule has 1 amide bonds. The number of aryl methyl sites for hydroxylation is 1. The number of rotatable bonds is 4. The summed E-state index contributed by atoms with van der Waals surface area (Å²) in [5.74, 6) is 1.18. The average Bonchev–Trinajstić information content (AvgIpc) is 2.63. The molecule has 152 valence electrons. The molecule has 6 heteroatoms. The zero-order valence-corrected chi connectivity index (χ0v) is 17.8. The minimum absolute atomic E-state index is 0.130. The number of aromatic nitrogens is 1. The lowest BCUT2D eigenvalue weighted by atomic mass is 9.73. The van der Waals surface area contributed by atoms with Crippen molar-refractivity contribution in [1.82, 2.24) is 4.98 Å². The third-order valence-corrected chi connectivity index (χ3v) is 6.12. The van der Waals surface area contributed by atoms with Gasteiger partial charge in [-0.2, -0.15) is 0 Å². The van der Waals surface area contributed by atoms with E-state index in [9.17, 15) is 4.79 Å². The summed E-state index contributed by atoms with van der Waals surface area (Å²) in [5, 5.41) is 5.31. The quantitative estimate of drug-likeness (QED) is 0.688. The minimum Gasteiger partial charge on any atom is -0.446 e. The van der Waals surface area contributed by atoms with Crippen LogP contribution in [-0.2, 0) is 4.74 Å². The molecular formula is C22H30ClN3O2. The summed E-state index contributed by atoms with van der Waals surface area (Å²) in [6, 6.07) is 8.47. The van der Waals surface area contributed by atoms with Gasteiger partial charge in [0.05, 0.1) is 10.5 Å². The second kappa shape index (κ2) is 8.16. The number of halogens is 1. The van der Waals surface area contributed by atoms with Gasteiger partial charge in [0.15, 0.2) is 0 Å². The Bertz CT molecular complexity index is 855. The van der Waals surface area contributed by atoms with Gasteiger partial charge in [0.2, 0.25) is 0 Å². The predicted molar refractivity (Wildman–Crippen MR) is 115 cm³/mol. The van der Waals surface area contributed by atoms with Crippen molar-refractivity contribution in [2.24, 2.45) is 17.1 Å². The summed E-state index contributed by atoms with van der Waals surface area (Å²) in [5.41, 5.74) is 7.04. The number of hydrogen-bond donors (Lipinski definition) is 2. The van der Waals surface area contributed by atoms with Gasteiger partial charge in [0.1, 0.15) is 11.9 Å². The molecule has 0 aliphatic heterocycles. The highest BCUT2D eigenvalue weighted by Gasteiger charge is 2.37. The second-order valence-electron chi connectivity index (χ2n) is 8.94. The average molecular weight is 404 g/mol. The number of primary amides is 1. The van der Waals surface area contributed by atoms with Crippen LogP contribution in [0.3, 0.4) is 0 Å². The van der Waals surface area contributed by atoms with Crippen molar-refractivity contribution < 1.29 is 9.53 Å². The topological polar surface area (TPSA) is 77.2 Å². The van der Waals surface area contributed by atoms with Crippen LogP contribution in [0.25, 0.3) is 10.9 Å². The maximum absolute atomic E-state index is 11.3. The van der Waals surface area contributed by atoms with Gasteiger partial charge in [-0.1, -0.05) is 44.5 Å². The highest BCUT2D eigenvalue weighted by Crippen LogP contribution is 2.37. The minimum atomic E-state index is -0.687. The van der Waals surface area contributed by atoms with Crippen molar-refractivity contribution in [3.05, 3.63) is 34.9 Å². The van der Waals surface area contributed by atoms with E-state index in [1.165, 1.54) is 0 Å². The highest BCUT2D eigenvalue weighted by molar-refractivity contribution is 6.35. The summed E-state index contributed by atoms with van der Waals surface area (Å²) < 4.78 is 5.47. The van der Waals surface area contributed by atoms with Crippen molar-refractivity contribution in [1.29, 1.82) is 0 Å². The summed E-state index contributed by atoms with van der Waals surface area (Å²) in [7, 11) is 0. The fourth-order valence-corrected chi connectivity index (χ4v) is 4.43. The van der Waals surface area contributed by atoms with Gasteiger partial charge >= 0.3 is 6.09 Å². The zero-order chi connectivity index (χ0) is 20.5. The first kappa shape index (κ1) is 20.7. The van der Waals surface area contributed by atoms with Gasteiger partial charge in [-0.25, -0.2) is 9.78 Å². The van der Waals surface area contributed by atoms with E-state index in [1.54, 1.807) is 0 Å². The van der Waals surface area contributed by atoms with Crippen molar-refractivity contribution in [3.8, 4) is 0 Å². The van der Waals surface area contributed by atoms with E-state index in [0.717, 1.165) is 48.0 Å². The molecule has 3 N–H and O–H groups in total. The van der Waals surface area contributed by atoms with E-state index in [4.69, 9.17) is 27.1 Å². The molecule has 0 bridgehead atoms. The molecule has 1 unspecified atom stereocenters. The molecule has 5 nitrogen and oxygen atoms in total. The molecule has 0 spiro atoms. The number of benzene rings is 1. The standard InChI is InChI=1S/C22H30ClN3O2/c1-13-5-6-14-9-12-17(26-19(14)18(13)23)25-16-10-7-15(8-11-16)20(22(2,3)4)28-21(24)27/h5-6,9,12,15-16,20H,7-8,10-11H2,1-4H3,(H2,24,27)(H,25,26). The molecule has 28 heavy (non-hydrogen) atoms. The number of nitrogens with one attached hydrogen (secondary N) is 1. The Morgan fingerprint density at radius 3 is 2.46 bits per heavy atom. The number of pyridine rings is 1. The smallest absolute Gasteiger partial charge is 0.404 e. The van der Waals surface area contributed by atoms with Crippen LogP contribution in [0, 0.1) is 18.3 Å². The van der Waals surface area contributed by atoms with Crippen LogP contribution in [-0.4, -0.2) is 23.2 Å². The van der Waals surface area contributed by atoms with Crippen molar-refractivity contribution >= 4 is 34.4 Å². The van der Waals surface area contributed by atoms with E-state index in [0.29, 0.717) is 17.0 Å². The third kappa shape index (κ3) is 4.69. The van der Waals surface area contributed by atoms with Crippen LogP contribution < -0.4 is 11.1 Å². The Kier molecular flexibility index (Phi) is 6.04. The molecule has 1 atom stereocenters. The van der Waals surface area contributed by atoms with Gasteiger partial charge in [-0.15, -0.1) is 0 Å². The summed E-state index contributed by atoms with van der Waals surface area (Å²) >= 11 is 6.44. The summed E-state index contributed by atoms with van der Waals surface area (Å²) in [6.45, 7) is 8.27. The molecule has 2 aromatic rings. The number of ether oxygens (including phenoxy) is 1. The number of nitrogens with two attached hydrogens (primary N) is 1. The van der Waals surface area contributed by atoms with Crippen molar-refractivity contribution in [3.63, 3.8) is 0 Å². The SMILES string of the molecule is Cc1ccc2ccc(NC3CCC(C(OC(N)=O)C(C)(C)C)CC3)nc2c1Cl. The maximum atomic E-state index is 11.3. The molecule has 1 aliphatic carbocycles. The first-order valence-electron chi connectivity index (χ1n) is 9.93. The van der Waals surface area contributed by atoms with Crippen molar-refractivity contribution in [2.45, 2.75) is 65.5 Å². The maximum Gasteiger partial charge on any atom is 0.404 e. The van der Waals surface area contributed by atoms with Gasteiger partial charge in [0, 0.05) is 11.4 Å². The van der Waals surface area contributed by atoms with Crippen LogP contribution in [0.1, 0.15) is 52.0 Å². The molecule has 1 aromatic heterocycles. The van der Waals surface area contributed by atoms with Gasteiger partial charge < -0.3 is 15.8 Å². The summed E-state index contributed by atoms with van der Waals surface area (Å²) in [4.78, 5) is 16.1. The van der Waals surface area contributed by atoms with E-state index in [2.05, 4.69) is 32.2 Å². The summed E-state index contributed by atoms with van der Waals surface area (Å²) in [6.07, 6.45) is 3.13. The lowest BCUT2D eigenvalue weighted by molar-refractivity contribution is -0.0156. The molecule has 0 saturated heterocycles. The molecule has 3 rings (SSSR count). The predicted octanol–water partition coefficient (Wildman–Crippen LogP) is 5.68. The number of hydrogen-bond acceptors (Lipinski definition) is 4. The molecule has 1 fully saturated rings. The normalized spacial score (nSPS) is 21.3. The van der Waals surface area contributed by atoms with Crippen LogP contribution >= 0.6 is 11.6 Å². The molecule has 0 radical (unpaired) electrons. The first-order valence-corrected chi connectivity index (χ1v) is 10.3. The van der Waals surface area contributed by atoms with E-state index < -0.39 is 6.09 Å². The Morgan fingerprint density at radius 2 is 1.86 bits per heavy atom. The number of anilines is 1. The van der Waals surface area contributed by atoms with E-state index >= 15 is 0 Å². The molecule has 1 saturated carbocycles. The Morgan fingerprint density at radius 1 is 1.21 bits per heavy atom. The van der Waals surface area contributed by atoms with Crippen LogP contribution in [0.4, 0.5) is 10.6 Å². The van der Waals surface area contributed by atoms with Gasteiger partial charge in [0.25, 0.3) is 0 Å². The van der Waals surface area contributed by atoms with Gasteiger partial charge in [-0.3, -0.25) is 0 Å². The molecule has 1 heterocycles. The monoisotopic (exact) mass is 403 g/mol. The number of nitrogens with zero attached hydrogens (tertiary/aromatic N) is 1. The lowest BCUT2D eigenvalue weighted by Crippen LogP contribution is -2.42. The number of carbonyl (C=O) groups excluding carboxylic acids is 1. The van der Waals surface area contributed by atoms with E-state index in [-0.39, 0.29) is 11.5 Å². The molecule has 1 aliphatic rings. The highest BCUT2D eigenvalue weighted by atomic mass is 35.5. The van der Waals surface area contributed by atoms with Gasteiger partial charge in [-0.05, 0) is 61.6 Å². The molecule has 1 aromatic carbocycles. The van der Waals surface area contributed by atoms with Crippen molar-refractivity contribution in [2.75, 3.05) is 5.32 Å². The number of carbonyl (C=O) groups is 1. The number of fused-ring (bicyclic) bond motifs is 1. The van der Waals surface area contributed by atoms with E-state index in [1.807, 2.05) is 25.1 Å². The fraction of sp³-hybridized carbons (Fsp3) is 0.545. The Labute approximate surface area is 172 Å².